The normalized spacial score (nSPS) is 11.0. The fourth-order valence-electron chi connectivity index (χ4n) is 2.51. The standard InChI is InChI=1S/C17H10ClN3O2S/c18-9-5-6-13-14(7-9)24-17(20-13)21-16(23)11-8-15(22)19-12-4-2-1-3-10(11)12/h1-8H,(H,19,22)(H,20,21,23). The molecule has 0 bridgehead atoms. The van der Waals surface area contributed by atoms with E-state index in [1.807, 2.05) is 6.07 Å². The van der Waals surface area contributed by atoms with E-state index in [-0.39, 0.29) is 11.5 Å². The van der Waals surface area contributed by atoms with Crippen LogP contribution in [-0.4, -0.2) is 15.9 Å². The van der Waals surface area contributed by atoms with Crippen LogP contribution >= 0.6 is 22.9 Å². The van der Waals surface area contributed by atoms with Crippen LogP contribution in [0.4, 0.5) is 5.13 Å². The molecule has 0 saturated heterocycles. The largest absolute Gasteiger partial charge is 0.322 e. The van der Waals surface area contributed by atoms with Crippen molar-refractivity contribution < 1.29 is 4.79 Å². The number of benzene rings is 2. The lowest BCUT2D eigenvalue weighted by atomic mass is 10.1. The van der Waals surface area contributed by atoms with Crippen molar-refractivity contribution in [3.8, 4) is 0 Å². The molecule has 0 aliphatic carbocycles. The van der Waals surface area contributed by atoms with Crippen molar-refractivity contribution in [1.82, 2.24) is 9.97 Å². The van der Waals surface area contributed by atoms with E-state index >= 15 is 0 Å². The number of nitrogens with one attached hydrogen (secondary N) is 2. The SMILES string of the molecule is O=C(Nc1nc2ccc(Cl)cc2s1)c1cc(=O)[nH]c2ccccc12. The molecule has 0 saturated carbocycles. The lowest BCUT2D eigenvalue weighted by Crippen LogP contribution is -2.16. The number of pyridine rings is 1. The molecule has 0 atom stereocenters. The summed E-state index contributed by atoms with van der Waals surface area (Å²) in [5, 5.41) is 4.51. The van der Waals surface area contributed by atoms with Crippen molar-refractivity contribution in [2.75, 3.05) is 5.32 Å². The Morgan fingerprint density at radius 1 is 1.17 bits per heavy atom. The molecule has 0 spiro atoms. The predicted octanol–water partition coefficient (Wildman–Crippen LogP) is 4.04. The molecule has 0 unspecified atom stereocenters. The number of halogens is 1. The van der Waals surface area contributed by atoms with Gasteiger partial charge in [0.25, 0.3) is 5.91 Å². The van der Waals surface area contributed by atoms with Crippen LogP contribution in [0.1, 0.15) is 10.4 Å². The number of amides is 1. The minimum atomic E-state index is -0.373. The number of hydrogen-bond acceptors (Lipinski definition) is 4. The van der Waals surface area contributed by atoms with Crippen LogP contribution in [0.3, 0.4) is 0 Å². The zero-order valence-corrected chi connectivity index (χ0v) is 13.7. The second kappa shape index (κ2) is 5.74. The van der Waals surface area contributed by atoms with Gasteiger partial charge < -0.3 is 4.98 Å². The van der Waals surface area contributed by atoms with Crippen LogP contribution in [-0.2, 0) is 0 Å². The first-order valence-electron chi connectivity index (χ1n) is 7.10. The van der Waals surface area contributed by atoms with E-state index in [9.17, 15) is 9.59 Å². The van der Waals surface area contributed by atoms with Gasteiger partial charge in [-0.15, -0.1) is 0 Å². The number of para-hydroxylation sites is 1. The van der Waals surface area contributed by atoms with Crippen LogP contribution in [0, 0.1) is 0 Å². The Bertz CT molecular complexity index is 1150. The molecule has 2 aromatic carbocycles. The fourth-order valence-corrected chi connectivity index (χ4v) is 3.65. The molecule has 118 valence electrons. The van der Waals surface area contributed by atoms with Gasteiger partial charge in [-0.05, 0) is 24.3 Å². The average molecular weight is 356 g/mol. The number of carbonyl (C=O) groups is 1. The number of nitrogens with zero attached hydrogens (tertiary/aromatic N) is 1. The van der Waals surface area contributed by atoms with Gasteiger partial charge in [0.2, 0.25) is 5.56 Å². The van der Waals surface area contributed by atoms with Crippen LogP contribution in [0.5, 0.6) is 0 Å². The van der Waals surface area contributed by atoms with Crippen LogP contribution < -0.4 is 10.9 Å². The highest BCUT2D eigenvalue weighted by Crippen LogP contribution is 2.28. The number of aromatic nitrogens is 2. The number of fused-ring (bicyclic) bond motifs is 2. The second-order valence-electron chi connectivity index (χ2n) is 5.18. The number of thiazole rings is 1. The summed E-state index contributed by atoms with van der Waals surface area (Å²) < 4.78 is 0.883. The lowest BCUT2D eigenvalue weighted by Gasteiger charge is -2.05. The number of rotatable bonds is 2. The first-order chi connectivity index (χ1) is 11.6. The van der Waals surface area contributed by atoms with Crippen LogP contribution in [0.25, 0.3) is 21.1 Å². The van der Waals surface area contributed by atoms with Crippen molar-refractivity contribution in [2.45, 2.75) is 0 Å². The molecular formula is C17H10ClN3O2S. The molecule has 4 aromatic rings. The maximum atomic E-state index is 12.6. The van der Waals surface area contributed by atoms with Gasteiger partial charge >= 0.3 is 0 Å². The molecule has 4 rings (SSSR count). The van der Waals surface area contributed by atoms with Crippen LogP contribution in [0.2, 0.25) is 5.02 Å². The fraction of sp³-hybridized carbons (Fsp3) is 0. The van der Waals surface area contributed by atoms with Gasteiger partial charge in [-0.2, -0.15) is 0 Å². The highest BCUT2D eigenvalue weighted by molar-refractivity contribution is 7.22. The van der Waals surface area contributed by atoms with E-state index in [1.54, 1.807) is 36.4 Å². The molecule has 7 heteroatoms. The minimum absolute atomic E-state index is 0.312. The average Bonchev–Trinajstić information content (AvgIpc) is 2.95. The predicted molar refractivity (Wildman–Crippen MR) is 97.2 cm³/mol. The smallest absolute Gasteiger partial charge is 0.258 e. The Labute approximate surface area is 144 Å². The molecule has 2 N–H and O–H groups in total. The molecule has 2 aromatic heterocycles. The highest BCUT2D eigenvalue weighted by Gasteiger charge is 2.14. The summed E-state index contributed by atoms with van der Waals surface area (Å²) in [4.78, 5) is 31.5. The Hall–Kier alpha value is -2.70. The van der Waals surface area contributed by atoms with Crippen molar-refractivity contribution in [2.24, 2.45) is 0 Å². The first kappa shape index (κ1) is 14.9. The third-order valence-electron chi connectivity index (χ3n) is 3.57. The van der Waals surface area contributed by atoms with E-state index in [2.05, 4.69) is 15.3 Å². The summed E-state index contributed by atoms with van der Waals surface area (Å²) in [7, 11) is 0. The minimum Gasteiger partial charge on any atom is -0.322 e. The molecule has 2 heterocycles. The molecule has 1 amide bonds. The van der Waals surface area contributed by atoms with E-state index in [4.69, 9.17) is 11.6 Å². The second-order valence-corrected chi connectivity index (χ2v) is 6.65. The topological polar surface area (TPSA) is 74.8 Å². The van der Waals surface area contributed by atoms with Gasteiger partial charge in [-0.3, -0.25) is 14.9 Å². The molecule has 0 radical (unpaired) electrons. The zero-order chi connectivity index (χ0) is 16.7. The van der Waals surface area contributed by atoms with E-state index in [1.165, 1.54) is 17.4 Å². The van der Waals surface area contributed by atoms with Crippen molar-refractivity contribution in [3.63, 3.8) is 0 Å². The van der Waals surface area contributed by atoms with Gasteiger partial charge in [0.05, 0.1) is 15.8 Å². The quantitative estimate of drug-likeness (QED) is 0.569. The van der Waals surface area contributed by atoms with Crippen molar-refractivity contribution in [3.05, 3.63) is 69.5 Å². The number of anilines is 1. The number of H-pyrrole nitrogens is 1. The Kier molecular flexibility index (Phi) is 3.55. The molecular weight excluding hydrogens is 346 g/mol. The monoisotopic (exact) mass is 355 g/mol. The number of hydrogen-bond donors (Lipinski definition) is 2. The summed E-state index contributed by atoms with van der Waals surface area (Å²) in [5.74, 6) is -0.373. The van der Waals surface area contributed by atoms with Gasteiger partial charge in [0, 0.05) is 22.0 Å². The molecule has 0 aliphatic heterocycles. The summed E-state index contributed by atoms with van der Waals surface area (Å²) in [5.41, 5.74) is 1.36. The first-order valence-corrected chi connectivity index (χ1v) is 8.29. The molecule has 24 heavy (non-hydrogen) atoms. The zero-order valence-electron chi connectivity index (χ0n) is 12.2. The Morgan fingerprint density at radius 3 is 2.88 bits per heavy atom. The molecule has 0 aliphatic rings. The van der Waals surface area contributed by atoms with Gasteiger partial charge in [-0.1, -0.05) is 41.1 Å². The van der Waals surface area contributed by atoms with Gasteiger partial charge in [0.1, 0.15) is 0 Å². The Morgan fingerprint density at radius 2 is 2.00 bits per heavy atom. The van der Waals surface area contributed by atoms with Crippen molar-refractivity contribution in [1.29, 1.82) is 0 Å². The van der Waals surface area contributed by atoms with Gasteiger partial charge in [0.15, 0.2) is 5.13 Å². The Balaban J connectivity index is 1.74. The summed E-state index contributed by atoms with van der Waals surface area (Å²) in [6, 6.07) is 13.8. The molecule has 5 nitrogen and oxygen atoms in total. The summed E-state index contributed by atoms with van der Waals surface area (Å²) in [6.07, 6.45) is 0. The third kappa shape index (κ3) is 2.66. The molecule has 0 fully saturated rings. The maximum Gasteiger partial charge on any atom is 0.258 e. The van der Waals surface area contributed by atoms with Crippen molar-refractivity contribution >= 4 is 55.1 Å². The summed E-state index contributed by atoms with van der Waals surface area (Å²) >= 11 is 7.30. The number of aromatic amines is 1. The van der Waals surface area contributed by atoms with E-state index < -0.39 is 0 Å². The number of carbonyl (C=O) groups excluding carboxylic acids is 1. The van der Waals surface area contributed by atoms with Gasteiger partial charge in [-0.25, -0.2) is 4.98 Å². The lowest BCUT2D eigenvalue weighted by molar-refractivity contribution is 0.102. The summed E-state index contributed by atoms with van der Waals surface area (Å²) in [6.45, 7) is 0. The van der Waals surface area contributed by atoms with E-state index in [0.717, 1.165) is 10.2 Å². The third-order valence-corrected chi connectivity index (χ3v) is 4.73. The highest BCUT2D eigenvalue weighted by atomic mass is 35.5. The van der Waals surface area contributed by atoms with E-state index in [0.29, 0.717) is 26.6 Å². The maximum absolute atomic E-state index is 12.6. The van der Waals surface area contributed by atoms with Crippen LogP contribution in [0.15, 0.2) is 53.3 Å².